The minimum atomic E-state index is -0.336. The largest absolute Gasteiger partial charge is 0.479 e. The van der Waals surface area contributed by atoms with Crippen molar-refractivity contribution in [3.8, 4) is 0 Å². The van der Waals surface area contributed by atoms with Crippen molar-refractivity contribution in [3.05, 3.63) is 53.6 Å². The van der Waals surface area contributed by atoms with Gasteiger partial charge >= 0.3 is 0 Å². The normalized spacial score (nSPS) is 13.6. The minimum Gasteiger partial charge on any atom is -0.479 e. The molecule has 0 radical (unpaired) electrons. The van der Waals surface area contributed by atoms with E-state index in [1.165, 1.54) is 11.8 Å². The Hall–Kier alpha value is -0.750. The third-order valence-corrected chi connectivity index (χ3v) is 5.28. The van der Waals surface area contributed by atoms with Crippen molar-refractivity contribution >= 4 is 51.6 Å². The summed E-state index contributed by atoms with van der Waals surface area (Å²) in [4.78, 5) is 4.05. The number of nitrogens with zero attached hydrogens (tertiary/aromatic N) is 2. The molecule has 3 nitrogen and oxygen atoms in total. The van der Waals surface area contributed by atoms with Crippen molar-refractivity contribution in [3.63, 3.8) is 0 Å². The summed E-state index contributed by atoms with van der Waals surface area (Å²) in [6.07, 6.45) is 6.14. The summed E-state index contributed by atoms with van der Waals surface area (Å²) in [5.41, 5.74) is 0.697. The average Bonchev–Trinajstić information content (AvgIpc) is 3.05. The third-order valence-electron chi connectivity index (χ3n) is 2.91. The monoisotopic (exact) mass is 374 g/mol. The van der Waals surface area contributed by atoms with E-state index in [-0.39, 0.29) is 10.8 Å². The standard InChI is InChI=1S/C15H16Cl2N2OS2/c1-2-9-20-15(21)22-13(11-3-5-12(16)6-4-11)14(17)19-8-7-18-10-19/h3-8,10,13-14H,2,9H2,1H3. The zero-order chi connectivity index (χ0) is 15.9. The molecule has 1 heterocycles. The average molecular weight is 375 g/mol. The minimum absolute atomic E-state index is 0.0995. The Labute approximate surface area is 150 Å². The number of alkyl halides is 1. The van der Waals surface area contributed by atoms with E-state index in [0.717, 1.165) is 12.0 Å². The predicted octanol–water partition coefficient (Wildman–Crippen LogP) is 5.46. The van der Waals surface area contributed by atoms with Crippen LogP contribution in [0.15, 0.2) is 43.0 Å². The molecule has 0 aliphatic rings. The van der Waals surface area contributed by atoms with E-state index in [2.05, 4.69) is 4.98 Å². The van der Waals surface area contributed by atoms with Crippen molar-refractivity contribution in [2.75, 3.05) is 6.61 Å². The van der Waals surface area contributed by atoms with E-state index >= 15 is 0 Å². The van der Waals surface area contributed by atoms with Crippen molar-refractivity contribution in [1.82, 2.24) is 9.55 Å². The number of thiocarbonyl (C=S) groups is 1. The van der Waals surface area contributed by atoms with Gasteiger partial charge in [-0.15, -0.1) is 0 Å². The molecule has 0 aliphatic heterocycles. The second kappa shape index (κ2) is 8.77. The molecule has 0 N–H and O–H groups in total. The van der Waals surface area contributed by atoms with Crippen LogP contribution in [0.2, 0.25) is 5.02 Å². The molecule has 2 unspecified atom stereocenters. The first-order valence-electron chi connectivity index (χ1n) is 6.82. The van der Waals surface area contributed by atoms with Gasteiger partial charge in [0.05, 0.1) is 18.2 Å². The van der Waals surface area contributed by atoms with Gasteiger partial charge in [-0.1, -0.05) is 54.0 Å². The second-order valence-corrected chi connectivity index (χ2v) is 7.20. The molecule has 0 bridgehead atoms. The number of hydrogen-bond donors (Lipinski definition) is 0. The molecule has 0 aliphatic carbocycles. The van der Waals surface area contributed by atoms with Gasteiger partial charge in [0, 0.05) is 17.4 Å². The molecule has 118 valence electrons. The van der Waals surface area contributed by atoms with Crippen LogP contribution in [-0.4, -0.2) is 20.5 Å². The van der Waals surface area contributed by atoms with Crippen LogP contribution in [0.4, 0.5) is 0 Å². The predicted molar refractivity (Wildman–Crippen MR) is 97.7 cm³/mol. The number of benzene rings is 1. The number of hydrogen-bond acceptors (Lipinski definition) is 4. The van der Waals surface area contributed by atoms with E-state index < -0.39 is 0 Å². The Balaban J connectivity index is 2.20. The molecule has 0 saturated heterocycles. The van der Waals surface area contributed by atoms with Crippen LogP contribution in [0.1, 0.15) is 29.7 Å². The Kier molecular flexibility index (Phi) is 7.02. The smallest absolute Gasteiger partial charge is 0.220 e. The molecule has 2 aromatic rings. The Bertz CT molecular complexity index is 590. The number of thioether (sulfide) groups is 1. The molecule has 1 aromatic heterocycles. The van der Waals surface area contributed by atoms with Gasteiger partial charge in [-0.3, -0.25) is 0 Å². The number of halogens is 2. The van der Waals surface area contributed by atoms with E-state index in [0.29, 0.717) is 16.0 Å². The fourth-order valence-electron chi connectivity index (χ4n) is 1.83. The number of aromatic nitrogens is 2. The molecular weight excluding hydrogens is 359 g/mol. The maximum Gasteiger partial charge on any atom is 0.220 e. The highest BCUT2D eigenvalue weighted by Gasteiger charge is 2.25. The summed E-state index contributed by atoms with van der Waals surface area (Å²) in [7, 11) is 0. The van der Waals surface area contributed by atoms with E-state index in [1.54, 1.807) is 12.5 Å². The second-order valence-electron chi connectivity index (χ2n) is 4.57. The molecule has 1 aromatic carbocycles. The molecule has 0 spiro atoms. The molecule has 7 heteroatoms. The number of imidazole rings is 1. The fraction of sp³-hybridized carbons (Fsp3) is 0.333. The third kappa shape index (κ3) is 4.88. The summed E-state index contributed by atoms with van der Waals surface area (Å²) in [6, 6.07) is 7.60. The summed E-state index contributed by atoms with van der Waals surface area (Å²) in [5, 5.41) is 0.587. The van der Waals surface area contributed by atoms with Gasteiger partial charge in [-0.25, -0.2) is 4.98 Å². The van der Waals surface area contributed by atoms with Gasteiger partial charge in [-0.2, -0.15) is 0 Å². The van der Waals surface area contributed by atoms with E-state index in [1.807, 2.05) is 42.0 Å². The lowest BCUT2D eigenvalue weighted by atomic mass is 10.1. The van der Waals surface area contributed by atoms with Gasteiger partial charge in [0.15, 0.2) is 0 Å². The molecule has 2 rings (SSSR count). The lowest BCUT2D eigenvalue weighted by molar-refractivity contribution is 0.321. The Morgan fingerprint density at radius 1 is 1.41 bits per heavy atom. The van der Waals surface area contributed by atoms with Gasteiger partial charge in [0.2, 0.25) is 4.38 Å². The molecule has 0 saturated carbocycles. The molecule has 22 heavy (non-hydrogen) atoms. The van der Waals surface area contributed by atoms with Gasteiger partial charge in [-0.05, 0) is 36.3 Å². The summed E-state index contributed by atoms with van der Waals surface area (Å²) in [6.45, 7) is 2.65. The maximum absolute atomic E-state index is 6.62. The number of rotatable bonds is 6. The lowest BCUT2D eigenvalue weighted by Crippen LogP contribution is -2.12. The summed E-state index contributed by atoms with van der Waals surface area (Å²) < 4.78 is 7.86. The van der Waals surface area contributed by atoms with Crippen molar-refractivity contribution < 1.29 is 4.74 Å². The first-order chi connectivity index (χ1) is 10.6. The van der Waals surface area contributed by atoms with Crippen LogP contribution in [0.3, 0.4) is 0 Å². The van der Waals surface area contributed by atoms with Crippen LogP contribution in [-0.2, 0) is 4.74 Å². The highest BCUT2D eigenvalue weighted by atomic mass is 35.5. The molecule has 2 atom stereocenters. The highest BCUT2D eigenvalue weighted by molar-refractivity contribution is 8.22. The summed E-state index contributed by atoms with van der Waals surface area (Å²) >= 11 is 19.3. The first-order valence-corrected chi connectivity index (χ1v) is 8.92. The van der Waals surface area contributed by atoms with Gasteiger partial charge in [0.25, 0.3) is 0 Å². The quantitative estimate of drug-likeness (QED) is 0.495. The molecule has 0 amide bonds. The first kappa shape index (κ1) is 17.6. The van der Waals surface area contributed by atoms with Crippen LogP contribution in [0.25, 0.3) is 0 Å². The SMILES string of the molecule is CCCOC(=S)SC(c1ccc(Cl)cc1)C(Cl)n1ccnc1. The van der Waals surface area contributed by atoms with E-state index in [4.69, 9.17) is 40.2 Å². The number of ether oxygens (including phenoxy) is 1. The maximum atomic E-state index is 6.62. The lowest BCUT2D eigenvalue weighted by Gasteiger charge is -2.23. The van der Waals surface area contributed by atoms with Crippen molar-refractivity contribution in [2.45, 2.75) is 24.1 Å². The molecule has 0 fully saturated rings. The summed E-state index contributed by atoms with van der Waals surface area (Å²) in [5.74, 6) is 0. The van der Waals surface area contributed by atoms with Gasteiger partial charge < -0.3 is 9.30 Å². The van der Waals surface area contributed by atoms with Crippen molar-refractivity contribution in [1.29, 1.82) is 0 Å². The topological polar surface area (TPSA) is 27.1 Å². The zero-order valence-corrected chi connectivity index (χ0v) is 15.1. The van der Waals surface area contributed by atoms with Crippen LogP contribution < -0.4 is 0 Å². The Morgan fingerprint density at radius 2 is 2.14 bits per heavy atom. The van der Waals surface area contributed by atoms with E-state index in [9.17, 15) is 0 Å². The fourth-order valence-corrected chi connectivity index (χ4v) is 3.67. The van der Waals surface area contributed by atoms with Crippen LogP contribution in [0, 0.1) is 0 Å². The Morgan fingerprint density at radius 3 is 2.73 bits per heavy atom. The van der Waals surface area contributed by atoms with Crippen molar-refractivity contribution in [2.24, 2.45) is 0 Å². The zero-order valence-electron chi connectivity index (χ0n) is 12.0. The molecular formula is C15H16Cl2N2OS2. The van der Waals surface area contributed by atoms with Crippen LogP contribution >= 0.6 is 47.2 Å². The van der Waals surface area contributed by atoms with Gasteiger partial charge in [0.1, 0.15) is 5.50 Å². The van der Waals surface area contributed by atoms with Crippen LogP contribution in [0.5, 0.6) is 0 Å². The highest BCUT2D eigenvalue weighted by Crippen LogP contribution is 2.42.